The number of anilines is 1. The summed E-state index contributed by atoms with van der Waals surface area (Å²) in [6, 6.07) is 7.64. The van der Waals surface area contributed by atoms with Crippen molar-refractivity contribution in [3.05, 3.63) is 65.4 Å². The molecule has 25 heavy (non-hydrogen) atoms. The van der Waals surface area contributed by atoms with Crippen molar-refractivity contribution in [3.63, 3.8) is 0 Å². The Balaban J connectivity index is 1.78. The third-order valence-electron chi connectivity index (χ3n) is 4.36. The lowest BCUT2D eigenvalue weighted by Crippen LogP contribution is -2.15. The number of pyridine rings is 2. The molecule has 1 aliphatic rings. The SMILES string of the molecule is O=C(Nc1cnccc1CO)c1cc(C2CC2)nc2ccc(F)cc12. The van der Waals surface area contributed by atoms with Crippen molar-refractivity contribution in [2.75, 3.05) is 5.32 Å². The zero-order chi connectivity index (χ0) is 17.4. The quantitative estimate of drug-likeness (QED) is 0.765. The summed E-state index contributed by atoms with van der Waals surface area (Å²) in [5, 5.41) is 12.6. The molecule has 2 aromatic heterocycles. The Labute approximate surface area is 143 Å². The maximum Gasteiger partial charge on any atom is 0.256 e. The number of fused-ring (bicyclic) bond motifs is 1. The standard InChI is InChI=1S/C19H16FN3O2/c20-13-3-4-16-14(7-13)15(8-17(22-16)11-1-2-11)19(25)23-18-9-21-6-5-12(18)10-24/h3-9,11,24H,1-2,10H2,(H,23,25). The van der Waals surface area contributed by atoms with Crippen molar-refractivity contribution in [2.45, 2.75) is 25.4 Å². The van der Waals surface area contributed by atoms with Crippen LogP contribution in [0, 0.1) is 5.82 Å². The summed E-state index contributed by atoms with van der Waals surface area (Å²) in [5.41, 5.74) is 2.83. The number of aromatic nitrogens is 2. The molecule has 1 amide bonds. The third kappa shape index (κ3) is 3.08. The van der Waals surface area contributed by atoms with Gasteiger partial charge < -0.3 is 10.4 Å². The van der Waals surface area contributed by atoms with Gasteiger partial charge in [0.05, 0.1) is 29.6 Å². The zero-order valence-electron chi connectivity index (χ0n) is 13.4. The zero-order valence-corrected chi connectivity index (χ0v) is 13.4. The molecule has 2 heterocycles. The number of halogens is 1. The molecule has 1 fully saturated rings. The minimum absolute atomic E-state index is 0.211. The van der Waals surface area contributed by atoms with E-state index >= 15 is 0 Å². The average molecular weight is 337 g/mol. The average Bonchev–Trinajstić information content (AvgIpc) is 3.46. The highest BCUT2D eigenvalue weighted by atomic mass is 19.1. The molecule has 4 rings (SSSR count). The van der Waals surface area contributed by atoms with Crippen LogP contribution in [-0.4, -0.2) is 21.0 Å². The number of carbonyl (C=O) groups excluding carboxylic acids is 1. The van der Waals surface area contributed by atoms with Crippen LogP contribution in [0.2, 0.25) is 0 Å². The molecule has 0 unspecified atom stereocenters. The minimum atomic E-state index is -0.417. The van der Waals surface area contributed by atoms with Crippen molar-refractivity contribution in [2.24, 2.45) is 0 Å². The molecule has 0 atom stereocenters. The van der Waals surface area contributed by atoms with E-state index in [2.05, 4.69) is 15.3 Å². The van der Waals surface area contributed by atoms with Crippen molar-refractivity contribution in [3.8, 4) is 0 Å². The molecular weight excluding hydrogens is 321 g/mol. The highest BCUT2D eigenvalue weighted by molar-refractivity contribution is 6.12. The van der Waals surface area contributed by atoms with Gasteiger partial charge in [0.1, 0.15) is 5.82 Å². The second-order valence-corrected chi connectivity index (χ2v) is 6.18. The second-order valence-electron chi connectivity index (χ2n) is 6.18. The maximum atomic E-state index is 13.7. The van der Waals surface area contributed by atoms with Gasteiger partial charge in [-0.3, -0.25) is 14.8 Å². The molecule has 0 bridgehead atoms. The van der Waals surface area contributed by atoms with Gasteiger partial charge >= 0.3 is 0 Å². The van der Waals surface area contributed by atoms with Crippen LogP contribution in [-0.2, 0) is 6.61 Å². The summed E-state index contributed by atoms with van der Waals surface area (Å²) in [5.74, 6) is -0.421. The first-order valence-electron chi connectivity index (χ1n) is 8.11. The highest BCUT2D eigenvalue weighted by Gasteiger charge is 2.27. The molecule has 1 aromatic carbocycles. The molecule has 1 saturated carbocycles. The topological polar surface area (TPSA) is 75.1 Å². The fourth-order valence-corrected chi connectivity index (χ4v) is 2.86. The number of carbonyl (C=O) groups is 1. The summed E-state index contributed by atoms with van der Waals surface area (Å²) >= 11 is 0. The largest absolute Gasteiger partial charge is 0.392 e. The summed E-state index contributed by atoms with van der Waals surface area (Å²) in [4.78, 5) is 21.4. The van der Waals surface area contributed by atoms with E-state index in [1.807, 2.05) is 0 Å². The molecule has 5 nitrogen and oxygen atoms in total. The van der Waals surface area contributed by atoms with E-state index in [9.17, 15) is 14.3 Å². The van der Waals surface area contributed by atoms with Gasteiger partial charge in [0, 0.05) is 28.8 Å². The molecule has 6 heteroatoms. The fraction of sp³-hybridized carbons (Fsp3) is 0.211. The first-order valence-corrected chi connectivity index (χ1v) is 8.11. The number of nitrogens with zero attached hydrogens (tertiary/aromatic N) is 2. The van der Waals surface area contributed by atoms with Crippen LogP contribution in [0.15, 0.2) is 42.7 Å². The van der Waals surface area contributed by atoms with E-state index in [1.165, 1.54) is 18.3 Å². The smallest absolute Gasteiger partial charge is 0.256 e. The number of benzene rings is 1. The predicted molar refractivity (Wildman–Crippen MR) is 91.8 cm³/mol. The molecule has 126 valence electrons. The predicted octanol–water partition coefficient (Wildman–Crippen LogP) is 3.39. The molecule has 2 N–H and O–H groups in total. The normalized spacial score (nSPS) is 13.8. The monoisotopic (exact) mass is 337 g/mol. The van der Waals surface area contributed by atoms with Crippen LogP contribution in [0.4, 0.5) is 10.1 Å². The summed E-state index contributed by atoms with van der Waals surface area (Å²) < 4.78 is 13.7. The van der Waals surface area contributed by atoms with Gasteiger partial charge in [-0.05, 0) is 43.2 Å². The van der Waals surface area contributed by atoms with Crippen LogP contribution in [0.1, 0.15) is 40.4 Å². The van der Waals surface area contributed by atoms with E-state index in [0.717, 1.165) is 18.5 Å². The fourth-order valence-electron chi connectivity index (χ4n) is 2.86. The minimum Gasteiger partial charge on any atom is -0.392 e. The number of hydrogen-bond acceptors (Lipinski definition) is 4. The molecule has 0 radical (unpaired) electrons. The number of amides is 1. The number of aliphatic hydroxyl groups excluding tert-OH is 1. The van der Waals surface area contributed by atoms with Gasteiger partial charge in [0.2, 0.25) is 0 Å². The van der Waals surface area contributed by atoms with Gasteiger partial charge in [0.15, 0.2) is 0 Å². The Morgan fingerprint density at radius 2 is 2.12 bits per heavy atom. The van der Waals surface area contributed by atoms with E-state index in [1.54, 1.807) is 24.4 Å². The molecule has 1 aliphatic carbocycles. The number of aliphatic hydroxyl groups is 1. The van der Waals surface area contributed by atoms with Crippen molar-refractivity contribution in [1.82, 2.24) is 9.97 Å². The van der Waals surface area contributed by atoms with Gasteiger partial charge in [0.25, 0.3) is 5.91 Å². The maximum absolute atomic E-state index is 13.7. The van der Waals surface area contributed by atoms with Crippen LogP contribution < -0.4 is 5.32 Å². The van der Waals surface area contributed by atoms with Crippen molar-refractivity contribution in [1.29, 1.82) is 0 Å². The Kier molecular flexibility index (Phi) is 3.89. The second kappa shape index (κ2) is 6.22. The molecular formula is C19H16FN3O2. The summed E-state index contributed by atoms with van der Waals surface area (Å²) in [6.07, 6.45) is 5.13. The first-order chi connectivity index (χ1) is 12.2. The van der Waals surface area contributed by atoms with Crippen molar-refractivity contribution < 1.29 is 14.3 Å². The van der Waals surface area contributed by atoms with Gasteiger partial charge in [-0.2, -0.15) is 0 Å². The highest BCUT2D eigenvalue weighted by Crippen LogP contribution is 2.40. The van der Waals surface area contributed by atoms with Crippen LogP contribution in [0.25, 0.3) is 10.9 Å². The Morgan fingerprint density at radius 3 is 2.88 bits per heavy atom. The Morgan fingerprint density at radius 1 is 1.28 bits per heavy atom. The van der Waals surface area contributed by atoms with Crippen LogP contribution in [0.3, 0.4) is 0 Å². The molecule has 0 saturated heterocycles. The van der Waals surface area contributed by atoms with E-state index in [4.69, 9.17) is 0 Å². The molecule has 0 aliphatic heterocycles. The summed E-state index contributed by atoms with van der Waals surface area (Å²) in [7, 11) is 0. The lowest BCUT2D eigenvalue weighted by Gasteiger charge is -2.12. The molecule has 0 spiro atoms. The number of hydrogen-bond donors (Lipinski definition) is 2. The molecule has 3 aromatic rings. The lowest BCUT2D eigenvalue weighted by atomic mass is 10.0. The summed E-state index contributed by atoms with van der Waals surface area (Å²) in [6.45, 7) is -0.211. The van der Waals surface area contributed by atoms with Crippen LogP contribution >= 0.6 is 0 Å². The van der Waals surface area contributed by atoms with E-state index in [-0.39, 0.29) is 12.5 Å². The number of nitrogens with one attached hydrogen (secondary N) is 1. The van der Waals surface area contributed by atoms with E-state index in [0.29, 0.717) is 33.6 Å². The van der Waals surface area contributed by atoms with Crippen molar-refractivity contribution >= 4 is 22.5 Å². The lowest BCUT2D eigenvalue weighted by molar-refractivity contribution is 0.102. The van der Waals surface area contributed by atoms with Crippen LogP contribution in [0.5, 0.6) is 0 Å². The van der Waals surface area contributed by atoms with Gasteiger partial charge in [-0.15, -0.1) is 0 Å². The third-order valence-corrected chi connectivity index (χ3v) is 4.36. The van der Waals surface area contributed by atoms with E-state index < -0.39 is 5.82 Å². The Hall–Kier alpha value is -2.86. The van der Waals surface area contributed by atoms with Gasteiger partial charge in [-0.25, -0.2) is 4.39 Å². The number of rotatable bonds is 4. The Bertz CT molecular complexity index is 970. The first kappa shape index (κ1) is 15.7. The van der Waals surface area contributed by atoms with Gasteiger partial charge in [-0.1, -0.05) is 0 Å².